The third-order valence-corrected chi connectivity index (χ3v) is 11.9. The number of rotatable bonds is 7. The summed E-state index contributed by atoms with van der Waals surface area (Å²) in [6.45, 7) is 10.6. The number of hydrogen-bond donors (Lipinski definition) is 4. The molecular formula is C33H46O9S. The van der Waals surface area contributed by atoms with E-state index in [-0.39, 0.29) is 19.4 Å². The molecule has 238 valence electrons. The van der Waals surface area contributed by atoms with Crippen LogP contribution in [0.25, 0.3) is 0 Å². The summed E-state index contributed by atoms with van der Waals surface area (Å²) in [5, 5.41) is 47.7. The lowest BCUT2D eigenvalue weighted by atomic mass is 9.43. The fourth-order valence-electron chi connectivity index (χ4n) is 8.84. The van der Waals surface area contributed by atoms with Crippen molar-refractivity contribution in [2.24, 2.45) is 22.7 Å². The molecule has 1 aromatic rings. The predicted octanol–water partition coefficient (Wildman–Crippen LogP) is 2.98. The van der Waals surface area contributed by atoms with Gasteiger partial charge >= 0.3 is 5.97 Å². The van der Waals surface area contributed by atoms with Gasteiger partial charge in [-0.25, -0.2) is 4.79 Å². The SMILES string of the molecule is CSCOC1CC2OCC2(O)C2C(C)C3(O)CC(OC(=O)C(O)[C@@H](C)c4ccccc4)C(C)=C(C(O)C(=O)[C@]12C)C3(C)C. The first-order valence-corrected chi connectivity index (χ1v) is 16.5. The fourth-order valence-corrected chi connectivity index (χ4v) is 9.14. The van der Waals surface area contributed by atoms with E-state index in [0.717, 1.165) is 5.56 Å². The summed E-state index contributed by atoms with van der Waals surface area (Å²) in [5.41, 5.74) is -3.99. The van der Waals surface area contributed by atoms with Crippen molar-refractivity contribution in [3.63, 3.8) is 0 Å². The van der Waals surface area contributed by atoms with Gasteiger partial charge in [0.15, 0.2) is 11.9 Å². The Hall–Kier alpha value is -1.79. The lowest BCUT2D eigenvalue weighted by Gasteiger charge is -2.67. The fraction of sp³-hybridized carbons (Fsp3) is 0.697. The van der Waals surface area contributed by atoms with Gasteiger partial charge in [-0.2, -0.15) is 0 Å². The predicted molar refractivity (Wildman–Crippen MR) is 161 cm³/mol. The van der Waals surface area contributed by atoms with Gasteiger partial charge in [0, 0.05) is 30.1 Å². The Labute approximate surface area is 258 Å². The molecule has 0 spiro atoms. The summed E-state index contributed by atoms with van der Waals surface area (Å²) in [6.07, 6.45) is -3.23. The van der Waals surface area contributed by atoms with Crippen molar-refractivity contribution in [1.82, 2.24) is 0 Å². The summed E-state index contributed by atoms with van der Waals surface area (Å²) >= 11 is 1.46. The summed E-state index contributed by atoms with van der Waals surface area (Å²) in [6, 6.07) is 9.14. The molecule has 1 heterocycles. The Balaban J connectivity index is 1.58. The second-order valence-electron chi connectivity index (χ2n) is 13.8. The summed E-state index contributed by atoms with van der Waals surface area (Å²) in [5.74, 6) is -3.12. The molecule has 9 nitrogen and oxygen atoms in total. The highest BCUT2D eigenvalue weighted by Crippen LogP contribution is 2.64. The standard InChI is InChI=1S/C33H46O9S/c1-17(20-11-9-8-10-12-20)25(34)29(37)42-21-14-33(39)19(3)27-31(6,28(36)26(35)24(18(21)2)30(33,4)5)22(41-16-43-7)13-23-32(27,38)15-40-23/h8-12,17,19,21-23,25-27,34-35,38-39H,13-16H2,1-7H3/t17-,19?,21?,22?,23?,25?,26?,27?,31+,32?,33?/m0/s1. The number of thioether (sulfide) groups is 1. The number of ether oxygens (including phenoxy) is 3. The van der Waals surface area contributed by atoms with E-state index in [1.54, 1.807) is 34.6 Å². The van der Waals surface area contributed by atoms with Gasteiger partial charge in [-0.1, -0.05) is 58.0 Å². The minimum atomic E-state index is -1.64. The Bertz CT molecular complexity index is 1280. The number of hydrogen-bond acceptors (Lipinski definition) is 10. The zero-order chi connectivity index (χ0) is 31.7. The number of fused-ring (bicyclic) bond motifs is 5. The zero-order valence-corrected chi connectivity index (χ0v) is 26.9. The number of ketones is 1. The molecule has 2 bridgehead atoms. The third-order valence-electron chi connectivity index (χ3n) is 11.5. The molecule has 5 rings (SSSR count). The summed E-state index contributed by atoms with van der Waals surface area (Å²) in [7, 11) is 0. The van der Waals surface area contributed by atoms with Gasteiger partial charge < -0.3 is 34.6 Å². The molecule has 11 atom stereocenters. The maximum atomic E-state index is 14.6. The Morgan fingerprint density at radius 3 is 2.42 bits per heavy atom. The smallest absolute Gasteiger partial charge is 0.336 e. The van der Waals surface area contributed by atoms with Crippen molar-refractivity contribution in [2.75, 3.05) is 18.8 Å². The van der Waals surface area contributed by atoms with Crippen molar-refractivity contribution in [3.05, 3.63) is 47.0 Å². The van der Waals surface area contributed by atoms with Crippen molar-refractivity contribution in [2.45, 2.75) is 102 Å². The average molecular weight is 619 g/mol. The largest absolute Gasteiger partial charge is 0.456 e. The molecule has 4 aliphatic rings. The van der Waals surface area contributed by atoms with Crippen LogP contribution >= 0.6 is 11.8 Å². The first kappa shape index (κ1) is 32.6. The average Bonchev–Trinajstić information content (AvgIpc) is 2.97. The lowest BCUT2D eigenvalue weighted by molar-refractivity contribution is -0.338. The molecule has 9 unspecified atom stereocenters. The summed E-state index contributed by atoms with van der Waals surface area (Å²) < 4.78 is 17.9. The highest BCUT2D eigenvalue weighted by atomic mass is 32.2. The van der Waals surface area contributed by atoms with Gasteiger partial charge in [-0.3, -0.25) is 4.79 Å². The molecule has 43 heavy (non-hydrogen) atoms. The first-order valence-electron chi connectivity index (χ1n) is 15.1. The molecule has 0 radical (unpaired) electrons. The minimum Gasteiger partial charge on any atom is -0.456 e. The Morgan fingerprint density at radius 1 is 1.19 bits per heavy atom. The molecule has 1 aliphatic heterocycles. The van der Waals surface area contributed by atoms with Gasteiger partial charge in [0.25, 0.3) is 0 Å². The third kappa shape index (κ3) is 4.66. The number of esters is 1. The van der Waals surface area contributed by atoms with E-state index in [0.29, 0.717) is 17.1 Å². The molecule has 0 amide bonds. The second-order valence-corrected chi connectivity index (χ2v) is 14.6. The number of aliphatic hydroxyl groups excluding tert-OH is 2. The van der Waals surface area contributed by atoms with Gasteiger partial charge in [0.05, 0.1) is 35.8 Å². The first-order chi connectivity index (χ1) is 20.1. The molecule has 1 saturated heterocycles. The van der Waals surface area contributed by atoms with Crippen LogP contribution in [0.1, 0.15) is 65.9 Å². The van der Waals surface area contributed by atoms with E-state index in [2.05, 4.69) is 0 Å². The topological polar surface area (TPSA) is 143 Å². The van der Waals surface area contributed by atoms with E-state index >= 15 is 0 Å². The molecular weight excluding hydrogens is 572 g/mol. The highest BCUT2D eigenvalue weighted by Gasteiger charge is 2.74. The highest BCUT2D eigenvalue weighted by molar-refractivity contribution is 7.98. The minimum absolute atomic E-state index is 0.00109. The van der Waals surface area contributed by atoms with Crippen LogP contribution in [-0.4, -0.2) is 92.7 Å². The lowest BCUT2D eigenvalue weighted by Crippen LogP contribution is -2.79. The van der Waals surface area contributed by atoms with Crippen molar-refractivity contribution in [1.29, 1.82) is 0 Å². The maximum absolute atomic E-state index is 14.6. The molecule has 3 fully saturated rings. The number of Topliss-reactive ketones (excluding diaryl/α,β-unsaturated/α-hetero) is 1. The molecule has 1 aromatic carbocycles. The number of aliphatic hydroxyl groups is 4. The van der Waals surface area contributed by atoms with E-state index < -0.39 is 82.1 Å². The van der Waals surface area contributed by atoms with E-state index in [4.69, 9.17) is 14.2 Å². The quantitative estimate of drug-likeness (QED) is 0.205. The van der Waals surface area contributed by atoms with Gasteiger partial charge in [-0.05, 0) is 42.7 Å². The van der Waals surface area contributed by atoms with Gasteiger partial charge in [0.1, 0.15) is 17.8 Å². The van der Waals surface area contributed by atoms with Crippen LogP contribution in [0.4, 0.5) is 0 Å². The second kappa shape index (κ2) is 11.2. The van der Waals surface area contributed by atoms with Gasteiger partial charge in [-0.15, -0.1) is 11.8 Å². The molecule has 4 N–H and O–H groups in total. The monoisotopic (exact) mass is 618 g/mol. The number of benzene rings is 1. The van der Waals surface area contributed by atoms with Crippen molar-refractivity contribution in [3.8, 4) is 0 Å². The molecule has 10 heteroatoms. The number of carbonyl (C=O) groups excluding carboxylic acids is 2. The van der Waals surface area contributed by atoms with Gasteiger partial charge in [0.2, 0.25) is 0 Å². The van der Waals surface area contributed by atoms with Crippen LogP contribution in [-0.2, 0) is 23.8 Å². The summed E-state index contributed by atoms with van der Waals surface area (Å²) in [4.78, 5) is 27.9. The zero-order valence-electron chi connectivity index (χ0n) is 26.1. The van der Waals surface area contributed by atoms with Crippen LogP contribution in [0.15, 0.2) is 41.5 Å². The van der Waals surface area contributed by atoms with Crippen LogP contribution in [0.3, 0.4) is 0 Å². The Kier molecular flexibility index (Phi) is 8.51. The number of carbonyl (C=O) groups is 2. The molecule has 3 aliphatic carbocycles. The van der Waals surface area contributed by atoms with Crippen LogP contribution in [0, 0.1) is 22.7 Å². The van der Waals surface area contributed by atoms with Crippen LogP contribution < -0.4 is 0 Å². The molecule has 0 aromatic heterocycles. The van der Waals surface area contributed by atoms with E-state index in [9.17, 15) is 30.0 Å². The van der Waals surface area contributed by atoms with E-state index in [1.165, 1.54) is 11.8 Å². The van der Waals surface area contributed by atoms with E-state index in [1.807, 2.05) is 43.5 Å². The van der Waals surface area contributed by atoms with Crippen molar-refractivity contribution < 1.29 is 44.2 Å². The van der Waals surface area contributed by atoms with Crippen molar-refractivity contribution >= 4 is 23.5 Å². The maximum Gasteiger partial charge on any atom is 0.336 e. The normalized spacial score (nSPS) is 41.6. The molecule has 2 saturated carbocycles. The van der Waals surface area contributed by atoms with Crippen LogP contribution in [0.2, 0.25) is 0 Å². The van der Waals surface area contributed by atoms with Crippen LogP contribution in [0.5, 0.6) is 0 Å². The Morgan fingerprint density at radius 2 is 1.84 bits per heavy atom.